The van der Waals surface area contributed by atoms with Crippen molar-refractivity contribution in [3.63, 3.8) is 0 Å². The SMILES string of the molecule is CC(C)(C)c1ccc(OCCNC(=O)c2ccc([C@@H]3SCC(=O)N3Cc3ccc(Cl)cc3)cc2)cc1. The van der Waals surface area contributed by atoms with Gasteiger partial charge in [0.1, 0.15) is 17.7 Å². The van der Waals surface area contributed by atoms with E-state index in [1.807, 2.05) is 53.4 Å². The smallest absolute Gasteiger partial charge is 0.251 e. The summed E-state index contributed by atoms with van der Waals surface area (Å²) in [5, 5.41) is 3.50. The van der Waals surface area contributed by atoms with Crippen molar-refractivity contribution in [3.8, 4) is 5.75 Å². The minimum Gasteiger partial charge on any atom is -0.492 e. The number of amides is 2. The first-order chi connectivity index (χ1) is 17.2. The number of rotatable bonds is 8. The van der Waals surface area contributed by atoms with Crippen molar-refractivity contribution in [2.24, 2.45) is 0 Å². The molecule has 1 aliphatic heterocycles. The highest BCUT2D eigenvalue weighted by atomic mass is 35.5. The number of hydrogen-bond donors (Lipinski definition) is 1. The van der Waals surface area contributed by atoms with Crippen molar-refractivity contribution >= 4 is 35.2 Å². The number of thioether (sulfide) groups is 1. The molecule has 0 radical (unpaired) electrons. The molecule has 3 aromatic rings. The lowest BCUT2D eigenvalue weighted by molar-refractivity contribution is -0.128. The number of carbonyl (C=O) groups is 2. The van der Waals surface area contributed by atoms with E-state index >= 15 is 0 Å². The van der Waals surface area contributed by atoms with Crippen molar-refractivity contribution < 1.29 is 14.3 Å². The molecule has 7 heteroatoms. The highest BCUT2D eigenvalue weighted by Gasteiger charge is 2.32. The molecule has 1 saturated heterocycles. The summed E-state index contributed by atoms with van der Waals surface area (Å²) < 4.78 is 5.76. The van der Waals surface area contributed by atoms with Crippen molar-refractivity contribution in [2.75, 3.05) is 18.9 Å². The van der Waals surface area contributed by atoms with Gasteiger partial charge in [-0.1, -0.05) is 68.8 Å². The van der Waals surface area contributed by atoms with Crippen LogP contribution < -0.4 is 10.1 Å². The summed E-state index contributed by atoms with van der Waals surface area (Å²) in [4.78, 5) is 27.0. The van der Waals surface area contributed by atoms with Gasteiger partial charge < -0.3 is 15.0 Å². The van der Waals surface area contributed by atoms with Crippen LogP contribution in [0.2, 0.25) is 5.02 Å². The van der Waals surface area contributed by atoms with Gasteiger partial charge in [0.05, 0.1) is 12.3 Å². The Morgan fingerprint density at radius 1 is 1.03 bits per heavy atom. The van der Waals surface area contributed by atoms with Gasteiger partial charge >= 0.3 is 0 Å². The van der Waals surface area contributed by atoms with Gasteiger partial charge in [0.2, 0.25) is 5.91 Å². The zero-order chi connectivity index (χ0) is 25.7. The van der Waals surface area contributed by atoms with Crippen LogP contribution in [-0.4, -0.2) is 35.6 Å². The molecule has 1 N–H and O–H groups in total. The maximum Gasteiger partial charge on any atom is 0.251 e. The molecular formula is C29H31ClN2O3S. The first-order valence-corrected chi connectivity index (χ1v) is 13.4. The van der Waals surface area contributed by atoms with E-state index in [4.69, 9.17) is 16.3 Å². The molecular weight excluding hydrogens is 492 g/mol. The van der Waals surface area contributed by atoms with E-state index in [0.29, 0.717) is 36.0 Å². The van der Waals surface area contributed by atoms with Gasteiger partial charge in [-0.3, -0.25) is 9.59 Å². The quantitative estimate of drug-likeness (QED) is 0.357. The highest BCUT2D eigenvalue weighted by molar-refractivity contribution is 8.00. The third kappa shape index (κ3) is 6.62. The second-order valence-corrected chi connectivity index (χ2v) is 11.3. The highest BCUT2D eigenvalue weighted by Crippen LogP contribution is 2.39. The van der Waals surface area contributed by atoms with Crippen LogP contribution in [-0.2, 0) is 16.8 Å². The zero-order valence-corrected chi connectivity index (χ0v) is 22.4. The predicted octanol–water partition coefficient (Wildman–Crippen LogP) is 6.22. The fourth-order valence-electron chi connectivity index (χ4n) is 3.97. The van der Waals surface area contributed by atoms with Crippen LogP contribution >= 0.6 is 23.4 Å². The molecule has 4 rings (SSSR count). The third-order valence-corrected chi connectivity index (χ3v) is 7.58. The molecule has 0 aliphatic carbocycles. The van der Waals surface area contributed by atoms with Gasteiger partial charge in [-0.05, 0) is 58.5 Å². The predicted molar refractivity (Wildman–Crippen MR) is 147 cm³/mol. The van der Waals surface area contributed by atoms with Crippen molar-refractivity contribution in [1.29, 1.82) is 0 Å². The summed E-state index contributed by atoms with van der Waals surface area (Å²) in [6.45, 7) is 7.84. The number of benzene rings is 3. The minimum atomic E-state index is -0.151. The van der Waals surface area contributed by atoms with Crippen LogP contribution in [0.15, 0.2) is 72.8 Å². The van der Waals surface area contributed by atoms with Gasteiger partial charge in [0.15, 0.2) is 0 Å². The molecule has 1 aliphatic rings. The van der Waals surface area contributed by atoms with Crippen molar-refractivity contribution in [1.82, 2.24) is 10.2 Å². The molecule has 0 aromatic heterocycles. The Bertz CT molecular complexity index is 1190. The Morgan fingerprint density at radius 2 is 1.69 bits per heavy atom. The van der Waals surface area contributed by atoms with Gasteiger partial charge in [-0.2, -0.15) is 0 Å². The normalized spacial score (nSPS) is 15.7. The molecule has 0 saturated carbocycles. The van der Waals surface area contributed by atoms with Crippen LogP contribution in [0, 0.1) is 0 Å². The summed E-state index contributed by atoms with van der Waals surface area (Å²) >= 11 is 7.58. The van der Waals surface area contributed by atoms with Gasteiger partial charge in [0.25, 0.3) is 5.91 Å². The first kappa shape index (κ1) is 26.1. The average Bonchev–Trinajstić information content (AvgIpc) is 3.22. The molecule has 3 aromatic carbocycles. The Labute approximate surface area is 222 Å². The van der Waals surface area contributed by atoms with E-state index < -0.39 is 0 Å². The lowest BCUT2D eigenvalue weighted by atomic mass is 9.87. The topological polar surface area (TPSA) is 58.6 Å². The lowest BCUT2D eigenvalue weighted by Gasteiger charge is -2.24. The fraction of sp³-hybridized carbons (Fsp3) is 0.310. The second kappa shape index (κ2) is 11.4. The maximum atomic E-state index is 12.6. The molecule has 1 heterocycles. The average molecular weight is 523 g/mol. The van der Waals surface area contributed by atoms with E-state index in [2.05, 4.69) is 38.2 Å². The number of ether oxygens (including phenoxy) is 1. The second-order valence-electron chi connectivity index (χ2n) is 9.81. The Morgan fingerprint density at radius 3 is 2.33 bits per heavy atom. The largest absolute Gasteiger partial charge is 0.492 e. The first-order valence-electron chi connectivity index (χ1n) is 12.0. The molecule has 0 bridgehead atoms. The van der Waals surface area contributed by atoms with Crippen LogP contribution in [0.1, 0.15) is 53.2 Å². The van der Waals surface area contributed by atoms with E-state index in [1.54, 1.807) is 23.9 Å². The Hall–Kier alpha value is -2.96. The van der Waals surface area contributed by atoms with Gasteiger partial charge in [0, 0.05) is 17.1 Å². The third-order valence-electron chi connectivity index (χ3n) is 6.07. The molecule has 5 nitrogen and oxygen atoms in total. The van der Waals surface area contributed by atoms with Gasteiger partial charge in [-0.25, -0.2) is 0 Å². The molecule has 2 amide bonds. The molecule has 188 valence electrons. The zero-order valence-electron chi connectivity index (χ0n) is 20.8. The maximum absolute atomic E-state index is 12.6. The fourth-order valence-corrected chi connectivity index (χ4v) is 5.29. The molecule has 0 unspecified atom stereocenters. The standard InChI is InChI=1S/C29H31ClN2O3S/c1-29(2,3)23-10-14-25(15-11-23)35-17-16-31-27(34)21-6-8-22(9-7-21)28-32(26(33)19-36-28)18-20-4-12-24(30)13-5-20/h4-15,28H,16-19H2,1-3H3,(H,31,34)/t28-/m0/s1. The number of halogens is 1. The number of carbonyl (C=O) groups excluding carboxylic acids is 2. The summed E-state index contributed by atoms with van der Waals surface area (Å²) in [7, 11) is 0. The van der Waals surface area contributed by atoms with Crippen molar-refractivity contribution in [2.45, 2.75) is 38.1 Å². The van der Waals surface area contributed by atoms with Gasteiger partial charge in [-0.15, -0.1) is 11.8 Å². The van der Waals surface area contributed by atoms with Crippen LogP contribution in [0.3, 0.4) is 0 Å². The van der Waals surface area contributed by atoms with Crippen molar-refractivity contribution in [3.05, 3.63) is 100 Å². The van der Waals surface area contributed by atoms with Crippen LogP contribution in [0.25, 0.3) is 0 Å². The van der Waals surface area contributed by atoms with E-state index in [-0.39, 0.29) is 22.6 Å². The Balaban J connectivity index is 1.28. The lowest BCUT2D eigenvalue weighted by Crippen LogP contribution is -2.28. The minimum absolute atomic E-state index is 0.0802. The van der Waals surface area contributed by atoms with E-state index in [9.17, 15) is 9.59 Å². The summed E-state index contributed by atoms with van der Waals surface area (Å²) in [5.74, 6) is 1.18. The van der Waals surface area contributed by atoms with Crippen LogP contribution in [0.5, 0.6) is 5.75 Å². The van der Waals surface area contributed by atoms with Crippen LogP contribution in [0.4, 0.5) is 0 Å². The monoisotopic (exact) mass is 522 g/mol. The number of nitrogens with zero attached hydrogens (tertiary/aromatic N) is 1. The van der Waals surface area contributed by atoms with E-state index in [1.165, 1.54) is 5.56 Å². The number of hydrogen-bond acceptors (Lipinski definition) is 4. The molecule has 1 fully saturated rings. The molecule has 36 heavy (non-hydrogen) atoms. The molecule has 1 atom stereocenters. The summed E-state index contributed by atoms with van der Waals surface area (Å²) in [6, 6.07) is 23.1. The Kier molecular flexibility index (Phi) is 8.27. The molecule has 0 spiro atoms. The summed E-state index contributed by atoms with van der Waals surface area (Å²) in [6.07, 6.45) is 0. The number of nitrogens with one attached hydrogen (secondary N) is 1. The van der Waals surface area contributed by atoms with E-state index in [0.717, 1.165) is 16.9 Å². The summed E-state index contributed by atoms with van der Waals surface area (Å²) in [5.41, 5.74) is 3.96.